The molecule has 19 heavy (non-hydrogen) atoms. The fourth-order valence-corrected chi connectivity index (χ4v) is 2.42. The van der Waals surface area contributed by atoms with Gasteiger partial charge in [-0.15, -0.1) is 0 Å². The number of methoxy groups -OCH3 is 1. The Balaban J connectivity index is 2.72. The van der Waals surface area contributed by atoms with E-state index in [0.29, 0.717) is 6.54 Å². The molecular formula is C16H28N2O. The van der Waals surface area contributed by atoms with Gasteiger partial charge >= 0.3 is 0 Å². The van der Waals surface area contributed by atoms with E-state index in [1.54, 1.807) is 7.11 Å². The quantitative estimate of drug-likeness (QED) is 0.784. The summed E-state index contributed by atoms with van der Waals surface area (Å²) in [6, 6.07) is 8.30. The fourth-order valence-electron chi connectivity index (χ4n) is 2.42. The lowest BCUT2D eigenvalue weighted by Gasteiger charge is -2.34. The van der Waals surface area contributed by atoms with Crippen molar-refractivity contribution in [1.82, 2.24) is 4.90 Å². The molecule has 1 atom stereocenters. The van der Waals surface area contributed by atoms with Crippen LogP contribution in [0.2, 0.25) is 0 Å². The fraction of sp³-hybridized carbons (Fsp3) is 0.625. The van der Waals surface area contributed by atoms with E-state index in [1.165, 1.54) is 5.56 Å². The lowest BCUT2D eigenvalue weighted by molar-refractivity contribution is 0.181. The first-order valence-corrected chi connectivity index (χ1v) is 7.12. The number of hydrogen-bond acceptors (Lipinski definition) is 3. The van der Waals surface area contributed by atoms with E-state index < -0.39 is 0 Å². The van der Waals surface area contributed by atoms with Gasteiger partial charge in [-0.2, -0.15) is 0 Å². The first-order valence-electron chi connectivity index (χ1n) is 7.12. The lowest BCUT2D eigenvalue weighted by atomic mass is 9.83. The van der Waals surface area contributed by atoms with Crippen molar-refractivity contribution >= 4 is 0 Å². The lowest BCUT2D eigenvalue weighted by Crippen LogP contribution is -2.42. The summed E-state index contributed by atoms with van der Waals surface area (Å²) < 4.78 is 5.19. The van der Waals surface area contributed by atoms with E-state index in [-0.39, 0.29) is 5.41 Å². The Morgan fingerprint density at radius 2 is 1.74 bits per heavy atom. The summed E-state index contributed by atoms with van der Waals surface area (Å²) >= 11 is 0. The van der Waals surface area contributed by atoms with Gasteiger partial charge in [0.1, 0.15) is 5.75 Å². The largest absolute Gasteiger partial charge is 0.497 e. The summed E-state index contributed by atoms with van der Waals surface area (Å²) in [5, 5.41) is 0. The van der Waals surface area contributed by atoms with E-state index in [0.717, 1.165) is 31.8 Å². The molecule has 0 aliphatic heterocycles. The minimum absolute atomic E-state index is 0.126. The monoisotopic (exact) mass is 264 g/mol. The predicted octanol–water partition coefficient (Wildman–Crippen LogP) is 2.54. The average molecular weight is 264 g/mol. The molecule has 1 aromatic carbocycles. The normalized spacial score (nSPS) is 14.4. The second-order valence-corrected chi connectivity index (χ2v) is 5.50. The molecular weight excluding hydrogens is 236 g/mol. The van der Waals surface area contributed by atoms with E-state index in [9.17, 15) is 0 Å². The third-order valence-electron chi connectivity index (χ3n) is 3.78. The zero-order valence-corrected chi connectivity index (χ0v) is 12.8. The SMILES string of the molecule is CCN(CC)CC(C)(CN)Cc1ccc(OC)cc1. The van der Waals surface area contributed by atoms with E-state index in [1.807, 2.05) is 12.1 Å². The molecule has 0 aliphatic rings. The maximum Gasteiger partial charge on any atom is 0.118 e. The van der Waals surface area contributed by atoms with Crippen molar-refractivity contribution in [2.75, 3.05) is 33.3 Å². The van der Waals surface area contributed by atoms with Crippen LogP contribution in [0.5, 0.6) is 5.75 Å². The Morgan fingerprint density at radius 1 is 1.16 bits per heavy atom. The van der Waals surface area contributed by atoms with Gasteiger partial charge in [0.2, 0.25) is 0 Å². The second-order valence-electron chi connectivity index (χ2n) is 5.50. The Bertz CT molecular complexity index is 360. The highest BCUT2D eigenvalue weighted by molar-refractivity contribution is 5.27. The van der Waals surface area contributed by atoms with Gasteiger partial charge in [0.15, 0.2) is 0 Å². The number of ether oxygens (including phenoxy) is 1. The zero-order valence-electron chi connectivity index (χ0n) is 12.8. The molecule has 1 rings (SSSR count). The second kappa shape index (κ2) is 7.51. The number of nitrogens with zero attached hydrogens (tertiary/aromatic N) is 1. The van der Waals surface area contributed by atoms with Gasteiger partial charge in [0.05, 0.1) is 7.11 Å². The maximum absolute atomic E-state index is 6.02. The summed E-state index contributed by atoms with van der Waals surface area (Å²) in [5.41, 5.74) is 7.46. The minimum Gasteiger partial charge on any atom is -0.497 e. The van der Waals surface area contributed by atoms with E-state index in [4.69, 9.17) is 10.5 Å². The molecule has 0 heterocycles. The number of nitrogens with two attached hydrogens (primary N) is 1. The molecule has 3 nitrogen and oxygen atoms in total. The molecule has 0 aliphatic carbocycles. The Morgan fingerprint density at radius 3 is 2.16 bits per heavy atom. The van der Waals surface area contributed by atoms with E-state index in [2.05, 4.69) is 37.8 Å². The molecule has 1 unspecified atom stereocenters. The molecule has 3 heteroatoms. The summed E-state index contributed by atoms with van der Waals surface area (Å²) in [6.45, 7) is 10.6. The summed E-state index contributed by atoms with van der Waals surface area (Å²) in [4.78, 5) is 2.44. The Labute approximate surface area is 117 Å². The highest BCUT2D eigenvalue weighted by Gasteiger charge is 2.25. The molecule has 0 spiro atoms. The van der Waals surface area contributed by atoms with Gasteiger partial charge in [0, 0.05) is 6.54 Å². The van der Waals surface area contributed by atoms with Crippen LogP contribution in [0.3, 0.4) is 0 Å². The van der Waals surface area contributed by atoms with Crippen molar-refractivity contribution in [3.05, 3.63) is 29.8 Å². The maximum atomic E-state index is 6.02. The van der Waals surface area contributed by atoms with Crippen LogP contribution in [0.15, 0.2) is 24.3 Å². The van der Waals surface area contributed by atoms with Gasteiger partial charge in [-0.25, -0.2) is 0 Å². The molecule has 0 saturated carbocycles. The van der Waals surface area contributed by atoms with Crippen molar-refractivity contribution < 1.29 is 4.74 Å². The van der Waals surface area contributed by atoms with Crippen LogP contribution in [0.4, 0.5) is 0 Å². The van der Waals surface area contributed by atoms with Crippen molar-refractivity contribution in [2.45, 2.75) is 27.2 Å². The minimum atomic E-state index is 0.126. The van der Waals surface area contributed by atoms with Crippen LogP contribution in [-0.4, -0.2) is 38.2 Å². The van der Waals surface area contributed by atoms with Crippen LogP contribution < -0.4 is 10.5 Å². The van der Waals surface area contributed by atoms with E-state index >= 15 is 0 Å². The van der Waals surface area contributed by atoms with Gasteiger partial charge < -0.3 is 15.4 Å². The van der Waals surface area contributed by atoms with Crippen LogP contribution >= 0.6 is 0 Å². The summed E-state index contributed by atoms with van der Waals surface area (Å²) in [5.74, 6) is 0.905. The molecule has 108 valence electrons. The third-order valence-corrected chi connectivity index (χ3v) is 3.78. The Kier molecular flexibility index (Phi) is 6.32. The summed E-state index contributed by atoms with van der Waals surface area (Å²) in [7, 11) is 1.69. The van der Waals surface area contributed by atoms with Crippen LogP contribution in [-0.2, 0) is 6.42 Å². The van der Waals surface area contributed by atoms with Crippen molar-refractivity contribution in [1.29, 1.82) is 0 Å². The molecule has 2 N–H and O–H groups in total. The van der Waals surface area contributed by atoms with Crippen molar-refractivity contribution in [3.63, 3.8) is 0 Å². The zero-order chi connectivity index (χ0) is 14.3. The predicted molar refractivity (Wildman–Crippen MR) is 81.6 cm³/mol. The number of rotatable bonds is 8. The summed E-state index contributed by atoms with van der Waals surface area (Å²) in [6.07, 6.45) is 1.00. The van der Waals surface area contributed by atoms with Crippen LogP contribution in [0.25, 0.3) is 0 Å². The van der Waals surface area contributed by atoms with Crippen LogP contribution in [0, 0.1) is 5.41 Å². The topological polar surface area (TPSA) is 38.5 Å². The molecule has 0 fully saturated rings. The molecule has 0 bridgehead atoms. The van der Waals surface area contributed by atoms with Gasteiger partial charge in [-0.3, -0.25) is 0 Å². The molecule has 1 aromatic rings. The molecule has 0 saturated heterocycles. The number of hydrogen-bond donors (Lipinski definition) is 1. The van der Waals surface area contributed by atoms with Gasteiger partial charge in [-0.1, -0.05) is 32.9 Å². The van der Waals surface area contributed by atoms with Gasteiger partial charge in [0.25, 0.3) is 0 Å². The molecule has 0 amide bonds. The highest BCUT2D eigenvalue weighted by Crippen LogP contribution is 2.24. The number of benzene rings is 1. The van der Waals surface area contributed by atoms with Crippen LogP contribution in [0.1, 0.15) is 26.3 Å². The molecule has 0 radical (unpaired) electrons. The Hall–Kier alpha value is -1.06. The van der Waals surface area contributed by atoms with Crippen molar-refractivity contribution in [3.8, 4) is 5.75 Å². The first-order chi connectivity index (χ1) is 9.06. The van der Waals surface area contributed by atoms with Crippen molar-refractivity contribution in [2.24, 2.45) is 11.1 Å². The highest BCUT2D eigenvalue weighted by atomic mass is 16.5. The average Bonchev–Trinajstić information content (AvgIpc) is 2.45. The standard InChI is InChI=1S/C16H28N2O/c1-5-18(6-2)13-16(3,12-17)11-14-7-9-15(19-4)10-8-14/h7-10H,5-6,11-13,17H2,1-4H3. The third kappa shape index (κ3) is 4.84. The first kappa shape index (κ1) is 16.0. The van der Waals surface area contributed by atoms with Gasteiger partial charge in [-0.05, 0) is 49.2 Å². The molecule has 0 aromatic heterocycles. The smallest absolute Gasteiger partial charge is 0.118 e.